The van der Waals surface area contributed by atoms with Gasteiger partial charge in [0.05, 0.1) is 12.7 Å². The van der Waals surface area contributed by atoms with Crippen LogP contribution in [0.5, 0.6) is 0 Å². The summed E-state index contributed by atoms with van der Waals surface area (Å²) in [7, 11) is 0. The number of ether oxygens (including phenoxy) is 2. The van der Waals surface area contributed by atoms with Crippen molar-refractivity contribution in [2.45, 2.75) is 45.4 Å². The zero-order valence-electron chi connectivity index (χ0n) is 14.4. The van der Waals surface area contributed by atoms with Crippen LogP contribution in [0.1, 0.15) is 32.8 Å². The molecule has 1 atom stereocenters. The molecule has 0 bridgehead atoms. The summed E-state index contributed by atoms with van der Waals surface area (Å²) in [5, 5.41) is 2.79. The molecule has 1 amide bonds. The molecule has 1 N–H and O–H groups in total. The van der Waals surface area contributed by atoms with Crippen molar-refractivity contribution in [2.75, 3.05) is 26.2 Å². The van der Waals surface area contributed by atoms with Crippen LogP contribution in [-0.2, 0) is 16.0 Å². The van der Waals surface area contributed by atoms with Crippen LogP contribution >= 0.6 is 0 Å². The molecule has 1 aliphatic rings. The molecule has 5 heteroatoms. The number of rotatable bonds is 5. The smallest absolute Gasteiger partial charge is 0.407 e. The first-order valence-electron chi connectivity index (χ1n) is 8.27. The summed E-state index contributed by atoms with van der Waals surface area (Å²) in [4.78, 5) is 14.0. The highest BCUT2D eigenvalue weighted by Crippen LogP contribution is 2.12. The second-order valence-electron chi connectivity index (χ2n) is 6.93. The standard InChI is InChI=1S/C18H28N2O3/c1-18(2,3)23-17(21)19-10-9-16-14-20(11-12-22-16)13-15-7-5-4-6-8-15/h4-8,16H,9-14H2,1-3H3,(H,19,21). The maximum atomic E-state index is 11.6. The van der Waals surface area contributed by atoms with Crippen molar-refractivity contribution < 1.29 is 14.3 Å². The molecule has 0 radical (unpaired) electrons. The van der Waals surface area contributed by atoms with Gasteiger partial charge in [-0.25, -0.2) is 4.79 Å². The average molecular weight is 320 g/mol. The molecule has 0 spiro atoms. The van der Waals surface area contributed by atoms with Gasteiger partial charge in [-0.1, -0.05) is 30.3 Å². The van der Waals surface area contributed by atoms with Crippen LogP contribution in [0.3, 0.4) is 0 Å². The van der Waals surface area contributed by atoms with Crippen LogP contribution in [0.4, 0.5) is 4.79 Å². The number of nitrogens with zero attached hydrogens (tertiary/aromatic N) is 1. The fourth-order valence-corrected chi connectivity index (χ4v) is 2.59. The Kier molecular flexibility index (Phi) is 6.42. The van der Waals surface area contributed by atoms with E-state index in [1.165, 1.54) is 5.56 Å². The van der Waals surface area contributed by atoms with Crippen molar-refractivity contribution in [3.63, 3.8) is 0 Å². The van der Waals surface area contributed by atoms with Crippen LogP contribution < -0.4 is 5.32 Å². The lowest BCUT2D eigenvalue weighted by molar-refractivity contribution is -0.0346. The Morgan fingerprint density at radius 2 is 2.09 bits per heavy atom. The lowest BCUT2D eigenvalue weighted by atomic mass is 10.1. The largest absolute Gasteiger partial charge is 0.444 e. The molecule has 2 rings (SSSR count). The lowest BCUT2D eigenvalue weighted by Crippen LogP contribution is -2.43. The van der Waals surface area contributed by atoms with Crippen LogP contribution in [0.15, 0.2) is 30.3 Å². The third kappa shape index (κ3) is 7.01. The molecular weight excluding hydrogens is 292 g/mol. The van der Waals surface area contributed by atoms with Crippen molar-refractivity contribution in [3.05, 3.63) is 35.9 Å². The molecule has 0 aromatic heterocycles. The SMILES string of the molecule is CC(C)(C)OC(=O)NCCC1CN(Cc2ccccc2)CCO1. The molecule has 1 aromatic rings. The summed E-state index contributed by atoms with van der Waals surface area (Å²) in [6.45, 7) is 9.67. The molecule has 0 aliphatic carbocycles. The highest BCUT2D eigenvalue weighted by molar-refractivity contribution is 5.67. The Labute approximate surface area is 139 Å². The maximum absolute atomic E-state index is 11.6. The third-order valence-corrected chi connectivity index (χ3v) is 3.61. The summed E-state index contributed by atoms with van der Waals surface area (Å²) in [5.41, 5.74) is 0.859. The van der Waals surface area contributed by atoms with E-state index in [0.717, 1.165) is 32.7 Å². The molecule has 1 aliphatic heterocycles. The van der Waals surface area contributed by atoms with Crippen molar-refractivity contribution in [2.24, 2.45) is 0 Å². The number of carbonyl (C=O) groups is 1. The molecule has 1 fully saturated rings. The van der Waals surface area contributed by atoms with Gasteiger partial charge in [0.25, 0.3) is 0 Å². The van der Waals surface area contributed by atoms with E-state index in [1.54, 1.807) is 0 Å². The molecule has 23 heavy (non-hydrogen) atoms. The van der Waals surface area contributed by atoms with E-state index in [1.807, 2.05) is 26.8 Å². The number of alkyl carbamates (subject to hydrolysis) is 1. The first kappa shape index (κ1) is 17.8. The Morgan fingerprint density at radius 1 is 1.35 bits per heavy atom. The summed E-state index contributed by atoms with van der Waals surface area (Å²) < 4.78 is 11.0. The van der Waals surface area contributed by atoms with E-state index in [9.17, 15) is 4.79 Å². The molecular formula is C18H28N2O3. The van der Waals surface area contributed by atoms with E-state index >= 15 is 0 Å². The second-order valence-corrected chi connectivity index (χ2v) is 6.93. The fraction of sp³-hybridized carbons (Fsp3) is 0.611. The number of morpholine rings is 1. The Balaban J connectivity index is 1.69. The normalized spacial score (nSPS) is 19.3. The number of hydrogen-bond donors (Lipinski definition) is 1. The van der Waals surface area contributed by atoms with Crippen molar-refractivity contribution in [1.82, 2.24) is 10.2 Å². The summed E-state index contributed by atoms with van der Waals surface area (Å²) in [6, 6.07) is 10.5. The minimum Gasteiger partial charge on any atom is -0.444 e. The van der Waals surface area contributed by atoms with Gasteiger partial charge in [-0.3, -0.25) is 4.90 Å². The van der Waals surface area contributed by atoms with Gasteiger partial charge < -0.3 is 14.8 Å². The van der Waals surface area contributed by atoms with E-state index in [-0.39, 0.29) is 12.2 Å². The molecule has 5 nitrogen and oxygen atoms in total. The van der Waals surface area contributed by atoms with Gasteiger partial charge in [0.1, 0.15) is 5.60 Å². The predicted molar refractivity (Wildman–Crippen MR) is 90.3 cm³/mol. The lowest BCUT2D eigenvalue weighted by Gasteiger charge is -2.33. The number of benzene rings is 1. The second kappa shape index (κ2) is 8.31. The van der Waals surface area contributed by atoms with E-state index < -0.39 is 5.60 Å². The number of nitrogens with one attached hydrogen (secondary N) is 1. The first-order chi connectivity index (χ1) is 10.9. The van der Waals surface area contributed by atoms with Gasteiger partial charge in [-0.15, -0.1) is 0 Å². The molecule has 1 unspecified atom stereocenters. The summed E-state index contributed by atoms with van der Waals surface area (Å²) in [5.74, 6) is 0. The van der Waals surface area contributed by atoms with Crippen LogP contribution in [0, 0.1) is 0 Å². The van der Waals surface area contributed by atoms with E-state index in [0.29, 0.717) is 6.54 Å². The summed E-state index contributed by atoms with van der Waals surface area (Å²) in [6.07, 6.45) is 0.585. The monoisotopic (exact) mass is 320 g/mol. The van der Waals surface area contributed by atoms with Crippen LogP contribution in [0.2, 0.25) is 0 Å². The highest BCUT2D eigenvalue weighted by Gasteiger charge is 2.21. The fourth-order valence-electron chi connectivity index (χ4n) is 2.59. The van der Waals surface area contributed by atoms with Gasteiger partial charge in [0.2, 0.25) is 0 Å². The zero-order valence-corrected chi connectivity index (χ0v) is 14.4. The Morgan fingerprint density at radius 3 is 2.78 bits per heavy atom. The molecule has 1 aromatic carbocycles. The number of carbonyl (C=O) groups excluding carboxylic acids is 1. The zero-order chi connectivity index (χ0) is 16.7. The van der Waals surface area contributed by atoms with Gasteiger partial charge in [0.15, 0.2) is 0 Å². The molecule has 1 heterocycles. The van der Waals surface area contributed by atoms with Gasteiger partial charge >= 0.3 is 6.09 Å². The van der Waals surface area contributed by atoms with Gasteiger partial charge in [-0.2, -0.15) is 0 Å². The number of amides is 1. The van der Waals surface area contributed by atoms with Crippen LogP contribution in [0.25, 0.3) is 0 Å². The topological polar surface area (TPSA) is 50.8 Å². The molecule has 1 saturated heterocycles. The number of hydrogen-bond acceptors (Lipinski definition) is 4. The van der Waals surface area contributed by atoms with E-state index in [2.05, 4.69) is 34.5 Å². The quantitative estimate of drug-likeness (QED) is 0.906. The van der Waals surface area contributed by atoms with Crippen molar-refractivity contribution in [3.8, 4) is 0 Å². The van der Waals surface area contributed by atoms with Crippen molar-refractivity contribution in [1.29, 1.82) is 0 Å². The minimum absolute atomic E-state index is 0.155. The Bertz CT molecular complexity index is 485. The van der Waals surface area contributed by atoms with Crippen molar-refractivity contribution >= 4 is 6.09 Å². The molecule has 128 valence electrons. The van der Waals surface area contributed by atoms with E-state index in [4.69, 9.17) is 9.47 Å². The minimum atomic E-state index is -0.460. The third-order valence-electron chi connectivity index (χ3n) is 3.61. The summed E-state index contributed by atoms with van der Waals surface area (Å²) >= 11 is 0. The highest BCUT2D eigenvalue weighted by atomic mass is 16.6. The first-order valence-corrected chi connectivity index (χ1v) is 8.27. The van der Waals surface area contributed by atoms with Crippen LogP contribution in [-0.4, -0.2) is 48.9 Å². The molecule has 0 saturated carbocycles. The Hall–Kier alpha value is -1.59. The van der Waals surface area contributed by atoms with Gasteiger partial charge in [0, 0.05) is 26.2 Å². The predicted octanol–water partition coefficient (Wildman–Crippen LogP) is 2.80. The van der Waals surface area contributed by atoms with Gasteiger partial charge in [-0.05, 0) is 32.8 Å². The maximum Gasteiger partial charge on any atom is 0.407 e. The average Bonchev–Trinajstić information content (AvgIpc) is 2.47.